The minimum absolute atomic E-state index is 0.103. The van der Waals surface area contributed by atoms with E-state index in [4.69, 9.17) is 4.42 Å². The van der Waals surface area contributed by atoms with Gasteiger partial charge in [0.2, 0.25) is 5.89 Å². The summed E-state index contributed by atoms with van der Waals surface area (Å²) in [5, 5.41) is 11.2. The van der Waals surface area contributed by atoms with Crippen molar-refractivity contribution in [1.29, 1.82) is 0 Å². The molecule has 0 aliphatic carbocycles. The van der Waals surface area contributed by atoms with E-state index < -0.39 is 0 Å². The Kier molecular flexibility index (Phi) is 5.25. The second-order valence-corrected chi connectivity index (χ2v) is 3.92. The van der Waals surface area contributed by atoms with E-state index in [0.29, 0.717) is 11.9 Å². The first kappa shape index (κ1) is 13.0. The van der Waals surface area contributed by atoms with Crippen LogP contribution in [-0.4, -0.2) is 30.3 Å². The van der Waals surface area contributed by atoms with Gasteiger partial charge in [0.15, 0.2) is 0 Å². The zero-order valence-electron chi connectivity index (χ0n) is 10.7. The molecule has 16 heavy (non-hydrogen) atoms. The molecule has 1 heterocycles. The summed E-state index contributed by atoms with van der Waals surface area (Å²) in [5.74, 6) is 0.648. The van der Waals surface area contributed by atoms with Gasteiger partial charge in [-0.25, -0.2) is 0 Å². The summed E-state index contributed by atoms with van der Waals surface area (Å²) in [5.41, 5.74) is 0. The molecule has 0 aliphatic rings. The summed E-state index contributed by atoms with van der Waals surface area (Å²) in [6.07, 6.45) is 2.17. The molecule has 1 aromatic heterocycles. The third-order valence-corrected chi connectivity index (χ3v) is 2.49. The third-order valence-electron chi connectivity index (χ3n) is 2.49. The quantitative estimate of drug-likeness (QED) is 0.770. The SMILES string of the molecule is CCCN(CCC)c1nnc(C(C)NC)o1. The second-order valence-electron chi connectivity index (χ2n) is 3.92. The van der Waals surface area contributed by atoms with Gasteiger partial charge >= 0.3 is 6.01 Å². The van der Waals surface area contributed by atoms with Gasteiger partial charge in [-0.15, -0.1) is 5.10 Å². The highest BCUT2D eigenvalue weighted by molar-refractivity contribution is 5.23. The molecule has 0 aliphatic heterocycles. The zero-order valence-corrected chi connectivity index (χ0v) is 10.7. The Morgan fingerprint density at radius 2 is 1.88 bits per heavy atom. The highest BCUT2D eigenvalue weighted by Gasteiger charge is 2.15. The minimum Gasteiger partial charge on any atom is -0.406 e. The van der Waals surface area contributed by atoms with E-state index in [9.17, 15) is 0 Å². The Balaban J connectivity index is 2.72. The van der Waals surface area contributed by atoms with Crippen LogP contribution in [0, 0.1) is 0 Å². The van der Waals surface area contributed by atoms with Crippen molar-refractivity contribution >= 4 is 6.01 Å². The van der Waals surface area contributed by atoms with E-state index in [1.165, 1.54) is 0 Å². The minimum atomic E-state index is 0.103. The molecule has 0 amide bonds. The number of nitrogens with zero attached hydrogens (tertiary/aromatic N) is 3. The van der Waals surface area contributed by atoms with Crippen LogP contribution in [0.1, 0.15) is 45.5 Å². The Morgan fingerprint density at radius 1 is 1.25 bits per heavy atom. The largest absolute Gasteiger partial charge is 0.406 e. The molecule has 0 fully saturated rings. The molecule has 0 saturated carbocycles. The van der Waals surface area contributed by atoms with Gasteiger partial charge in [-0.1, -0.05) is 18.9 Å². The van der Waals surface area contributed by atoms with Crippen molar-refractivity contribution in [3.05, 3.63) is 5.89 Å². The molecule has 0 spiro atoms. The maximum absolute atomic E-state index is 5.64. The molecule has 1 atom stereocenters. The Labute approximate surface area is 97.2 Å². The van der Waals surface area contributed by atoms with Crippen molar-refractivity contribution in [3.8, 4) is 0 Å². The van der Waals surface area contributed by atoms with Crippen molar-refractivity contribution in [2.45, 2.75) is 39.7 Å². The van der Waals surface area contributed by atoms with Crippen LogP contribution in [0.5, 0.6) is 0 Å². The highest BCUT2D eigenvalue weighted by Crippen LogP contribution is 2.17. The lowest BCUT2D eigenvalue weighted by atomic mass is 10.3. The number of hydrogen-bond donors (Lipinski definition) is 1. The number of aromatic nitrogens is 2. The zero-order chi connectivity index (χ0) is 12.0. The van der Waals surface area contributed by atoms with Gasteiger partial charge in [0.25, 0.3) is 0 Å². The lowest BCUT2D eigenvalue weighted by Gasteiger charge is -2.18. The van der Waals surface area contributed by atoms with Gasteiger partial charge in [0.1, 0.15) is 0 Å². The first-order valence-electron chi connectivity index (χ1n) is 5.98. The van der Waals surface area contributed by atoms with E-state index in [0.717, 1.165) is 25.9 Å². The van der Waals surface area contributed by atoms with E-state index in [2.05, 4.69) is 34.3 Å². The predicted molar refractivity (Wildman–Crippen MR) is 64.6 cm³/mol. The maximum atomic E-state index is 5.64. The summed E-state index contributed by atoms with van der Waals surface area (Å²) in [6.45, 7) is 8.22. The van der Waals surface area contributed by atoms with Crippen molar-refractivity contribution in [2.24, 2.45) is 0 Å². The Bertz CT molecular complexity index is 294. The number of hydrogen-bond acceptors (Lipinski definition) is 5. The van der Waals surface area contributed by atoms with Crippen molar-refractivity contribution in [1.82, 2.24) is 15.5 Å². The first-order chi connectivity index (χ1) is 7.72. The monoisotopic (exact) mass is 226 g/mol. The van der Waals surface area contributed by atoms with Gasteiger partial charge in [-0.2, -0.15) is 0 Å². The second kappa shape index (κ2) is 6.48. The smallest absolute Gasteiger partial charge is 0.318 e. The van der Waals surface area contributed by atoms with Crippen LogP contribution in [0.15, 0.2) is 4.42 Å². The summed E-state index contributed by atoms with van der Waals surface area (Å²) < 4.78 is 5.64. The van der Waals surface area contributed by atoms with Crippen LogP contribution < -0.4 is 10.2 Å². The average molecular weight is 226 g/mol. The normalized spacial score (nSPS) is 12.8. The van der Waals surface area contributed by atoms with Gasteiger partial charge in [0.05, 0.1) is 6.04 Å². The van der Waals surface area contributed by atoms with E-state index >= 15 is 0 Å². The molecule has 5 heteroatoms. The van der Waals surface area contributed by atoms with Gasteiger partial charge in [-0.3, -0.25) is 0 Å². The van der Waals surface area contributed by atoms with Crippen LogP contribution in [0.4, 0.5) is 6.01 Å². The fourth-order valence-electron chi connectivity index (χ4n) is 1.50. The van der Waals surface area contributed by atoms with Gasteiger partial charge in [0, 0.05) is 13.1 Å². The van der Waals surface area contributed by atoms with Crippen LogP contribution in [0.3, 0.4) is 0 Å². The first-order valence-corrected chi connectivity index (χ1v) is 5.98. The molecule has 0 bridgehead atoms. The van der Waals surface area contributed by atoms with E-state index in [-0.39, 0.29) is 6.04 Å². The van der Waals surface area contributed by atoms with Crippen LogP contribution in [0.2, 0.25) is 0 Å². The molecule has 1 rings (SSSR count). The van der Waals surface area contributed by atoms with Crippen LogP contribution in [-0.2, 0) is 0 Å². The maximum Gasteiger partial charge on any atom is 0.318 e. The molecule has 0 saturated heterocycles. The third kappa shape index (κ3) is 3.20. The van der Waals surface area contributed by atoms with E-state index in [1.807, 2.05) is 14.0 Å². The molecular weight excluding hydrogens is 204 g/mol. The van der Waals surface area contributed by atoms with Crippen molar-refractivity contribution in [3.63, 3.8) is 0 Å². The number of nitrogens with one attached hydrogen (secondary N) is 1. The molecule has 1 aromatic rings. The predicted octanol–water partition coefficient (Wildman–Crippen LogP) is 1.98. The van der Waals surface area contributed by atoms with Gasteiger partial charge < -0.3 is 14.6 Å². The summed E-state index contributed by atoms with van der Waals surface area (Å²) in [7, 11) is 1.88. The van der Waals surface area contributed by atoms with Crippen LogP contribution >= 0.6 is 0 Å². The standard InChI is InChI=1S/C11H22N4O/c1-5-7-15(8-6-2)11-14-13-10(16-11)9(3)12-4/h9,12H,5-8H2,1-4H3. The molecule has 92 valence electrons. The molecular formula is C11H22N4O. The fourth-order valence-corrected chi connectivity index (χ4v) is 1.50. The summed E-state index contributed by atoms with van der Waals surface area (Å²) >= 11 is 0. The topological polar surface area (TPSA) is 54.2 Å². The molecule has 1 N–H and O–H groups in total. The Morgan fingerprint density at radius 3 is 2.38 bits per heavy atom. The molecule has 5 nitrogen and oxygen atoms in total. The fraction of sp³-hybridized carbons (Fsp3) is 0.818. The molecule has 0 aromatic carbocycles. The lowest BCUT2D eigenvalue weighted by Crippen LogP contribution is -2.25. The number of rotatable bonds is 7. The molecule has 0 radical (unpaired) electrons. The summed E-state index contributed by atoms with van der Waals surface area (Å²) in [6, 6.07) is 0.743. The van der Waals surface area contributed by atoms with Gasteiger partial charge in [-0.05, 0) is 26.8 Å². The highest BCUT2D eigenvalue weighted by atomic mass is 16.4. The Hall–Kier alpha value is -1.10. The summed E-state index contributed by atoms with van der Waals surface area (Å²) in [4.78, 5) is 2.14. The van der Waals surface area contributed by atoms with Crippen molar-refractivity contribution < 1.29 is 4.42 Å². The average Bonchev–Trinajstić information content (AvgIpc) is 2.77. The van der Waals surface area contributed by atoms with Crippen LogP contribution in [0.25, 0.3) is 0 Å². The lowest BCUT2D eigenvalue weighted by molar-refractivity contribution is 0.428. The molecule has 1 unspecified atom stereocenters. The number of anilines is 1. The van der Waals surface area contributed by atoms with E-state index in [1.54, 1.807) is 0 Å². The van der Waals surface area contributed by atoms with Crippen molar-refractivity contribution in [2.75, 3.05) is 25.0 Å².